The predicted molar refractivity (Wildman–Crippen MR) is 163 cm³/mol. The van der Waals surface area contributed by atoms with E-state index in [9.17, 15) is 0 Å². The lowest BCUT2D eigenvalue weighted by Crippen LogP contribution is -2.07. The van der Waals surface area contributed by atoms with Crippen LogP contribution in [0.3, 0.4) is 0 Å². The first kappa shape index (κ1) is 24.2. The van der Waals surface area contributed by atoms with Crippen LogP contribution in [0.15, 0.2) is 47.8 Å². The van der Waals surface area contributed by atoms with Crippen molar-refractivity contribution in [2.75, 3.05) is 0 Å². The van der Waals surface area contributed by atoms with Crippen LogP contribution in [0.2, 0.25) is 0 Å². The summed E-state index contributed by atoms with van der Waals surface area (Å²) in [7, 11) is 0. The van der Waals surface area contributed by atoms with Crippen LogP contribution in [0.1, 0.15) is 58.7 Å². The minimum atomic E-state index is 0. The molecule has 0 atom stereocenters. The molecule has 5 heteroatoms. The van der Waals surface area contributed by atoms with Gasteiger partial charge in [0, 0.05) is 50.1 Å². The van der Waals surface area contributed by atoms with E-state index in [-0.39, 0.29) is 18.3 Å². The number of hydrogen-bond acceptors (Lipinski definition) is 5. The van der Waals surface area contributed by atoms with Crippen molar-refractivity contribution in [3.05, 3.63) is 57.6 Å². The minimum Gasteiger partial charge on any atom is -0.143 e. The molecule has 34 heavy (non-hydrogen) atoms. The lowest BCUT2D eigenvalue weighted by Gasteiger charge is -2.15. The summed E-state index contributed by atoms with van der Waals surface area (Å²) in [6, 6.07) is 16.5. The maximum absolute atomic E-state index is 2.44. The maximum atomic E-state index is 2.44. The van der Waals surface area contributed by atoms with Gasteiger partial charge in [0.2, 0.25) is 0 Å². The molecule has 6 aromatic rings. The van der Waals surface area contributed by atoms with Crippen LogP contribution in [0.4, 0.5) is 0 Å². The van der Waals surface area contributed by atoms with Crippen LogP contribution < -0.4 is 0 Å². The van der Waals surface area contributed by atoms with Gasteiger partial charge in [-0.3, -0.25) is 0 Å². The average molecular weight is 539 g/mol. The summed E-state index contributed by atoms with van der Waals surface area (Å²) in [5, 5.41) is 6.50. The quantitative estimate of drug-likeness (QED) is 0.206. The molecule has 0 radical (unpaired) electrons. The molecular formula is C29H30S5. The summed E-state index contributed by atoms with van der Waals surface area (Å²) < 4.78 is 4.32. The van der Waals surface area contributed by atoms with Crippen molar-refractivity contribution in [1.82, 2.24) is 0 Å². The smallest absolute Gasteiger partial charge is 0.0542 e. The van der Waals surface area contributed by atoms with Gasteiger partial charge in [0.1, 0.15) is 0 Å². The summed E-state index contributed by atoms with van der Waals surface area (Å²) in [6.45, 7) is 13.8. The fourth-order valence-corrected chi connectivity index (χ4v) is 9.99. The van der Waals surface area contributed by atoms with Gasteiger partial charge in [-0.2, -0.15) is 0 Å². The molecular weight excluding hydrogens is 509 g/mol. The SMILES string of the molecule is C.CC(C)(C)c1ccc(-c2cc3c4ccsc4c4cc(-c5ccc(C(C)(C)C)s5)sc4c3s2)s1. The Morgan fingerprint density at radius 3 is 1.50 bits per heavy atom. The Hall–Kier alpha value is -1.50. The highest BCUT2D eigenvalue weighted by Gasteiger charge is 2.21. The zero-order chi connectivity index (χ0) is 23.1. The zero-order valence-corrected chi connectivity index (χ0v) is 23.7. The second kappa shape index (κ2) is 8.28. The predicted octanol–water partition coefficient (Wildman–Crippen LogP) is 12.0. The Morgan fingerprint density at radius 1 is 0.500 bits per heavy atom. The van der Waals surface area contributed by atoms with E-state index in [4.69, 9.17) is 0 Å². The summed E-state index contributed by atoms with van der Waals surface area (Å²) in [4.78, 5) is 8.48. The third kappa shape index (κ3) is 3.90. The monoisotopic (exact) mass is 538 g/mol. The van der Waals surface area contributed by atoms with Gasteiger partial charge in [0.15, 0.2) is 0 Å². The summed E-state index contributed by atoms with van der Waals surface area (Å²) in [6.07, 6.45) is 0. The van der Waals surface area contributed by atoms with E-state index < -0.39 is 0 Å². The van der Waals surface area contributed by atoms with Crippen LogP contribution in [0, 0.1) is 0 Å². The zero-order valence-electron chi connectivity index (χ0n) is 19.7. The Labute approximate surface area is 222 Å². The molecule has 0 aliphatic carbocycles. The summed E-state index contributed by atoms with van der Waals surface area (Å²) in [5.74, 6) is 0. The molecule has 176 valence electrons. The Bertz CT molecular complexity index is 1510. The van der Waals surface area contributed by atoms with Crippen molar-refractivity contribution in [2.45, 2.75) is 59.8 Å². The van der Waals surface area contributed by atoms with Gasteiger partial charge in [0.25, 0.3) is 0 Å². The van der Waals surface area contributed by atoms with E-state index in [0.29, 0.717) is 0 Å². The molecule has 5 aromatic heterocycles. The van der Waals surface area contributed by atoms with Crippen LogP contribution in [-0.4, -0.2) is 0 Å². The van der Waals surface area contributed by atoms with E-state index in [0.717, 1.165) is 0 Å². The normalized spacial score (nSPS) is 12.8. The molecule has 0 bridgehead atoms. The van der Waals surface area contributed by atoms with Gasteiger partial charge >= 0.3 is 0 Å². The Morgan fingerprint density at radius 2 is 1.00 bits per heavy atom. The van der Waals surface area contributed by atoms with Gasteiger partial charge in [-0.1, -0.05) is 49.0 Å². The molecule has 0 amide bonds. The third-order valence-electron chi connectivity index (χ3n) is 6.05. The van der Waals surface area contributed by atoms with Crippen molar-refractivity contribution in [3.63, 3.8) is 0 Å². The summed E-state index contributed by atoms with van der Waals surface area (Å²) in [5.41, 5.74) is 0.395. The van der Waals surface area contributed by atoms with E-state index in [1.807, 2.05) is 56.7 Å². The van der Waals surface area contributed by atoms with Crippen molar-refractivity contribution in [3.8, 4) is 19.5 Å². The first-order valence-corrected chi connectivity index (χ1v) is 15.3. The van der Waals surface area contributed by atoms with Crippen molar-refractivity contribution >= 4 is 86.9 Å². The molecule has 0 fully saturated rings. The minimum absolute atomic E-state index is 0. The molecule has 0 saturated heterocycles. The molecule has 0 N–H and O–H groups in total. The maximum Gasteiger partial charge on any atom is 0.0542 e. The first-order chi connectivity index (χ1) is 15.6. The highest BCUT2D eigenvalue weighted by atomic mass is 32.1. The highest BCUT2D eigenvalue weighted by molar-refractivity contribution is 7.33. The van der Waals surface area contributed by atoms with E-state index >= 15 is 0 Å². The number of rotatable bonds is 2. The second-order valence-corrected chi connectivity index (χ2v) is 15.9. The number of hydrogen-bond donors (Lipinski definition) is 0. The van der Waals surface area contributed by atoms with E-state index in [1.54, 1.807) is 0 Å². The summed E-state index contributed by atoms with van der Waals surface area (Å²) >= 11 is 9.71. The molecule has 6 rings (SSSR count). The molecule has 1 aromatic carbocycles. The fourth-order valence-electron chi connectivity index (χ4n) is 4.21. The van der Waals surface area contributed by atoms with Crippen molar-refractivity contribution in [1.29, 1.82) is 0 Å². The molecule has 0 unspecified atom stereocenters. The Kier molecular flexibility index (Phi) is 5.89. The van der Waals surface area contributed by atoms with Crippen LogP contribution in [0.5, 0.6) is 0 Å². The molecule has 0 aliphatic heterocycles. The van der Waals surface area contributed by atoms with Crippen molar-refractivity contribution in [2.24, 2.45) is 0 Å². The lowest BCUT2D eigenvalue weighted by atomic mass is 9.95. The standard InChI is InChI=1S/C28H26S5.CH4/c1-27(2,3)22-9-7-18(30-22)20-13-16-15-11-12-29-24(15)17-14-21(33-26(17)25(16)32-20)19-8-10-23(31-19)28(4,5)6;/h7-14H,1-6H3;1H4. The van der Waals surface area contributed by atoms with Crippen LogP contribution in [-0.2, 0) is 10.8 Å². The Balaban J connectivity index is 0.00000241. The van der Waals surface area contributed by atoms with Gasteiger partial charge < -0.3 is 0 Å². The van der Waals surface area contributed by atoms with Crippen LogP contribution >= 0.6 is 56.7 Å². The van der Waals surface area contributed by atoms with Crippen LogP contribution in [0.25, 0.3) is 49.8 Å². The molecule has 0 nitrogen and oxygen atoms in total. The lowest BCUT2D eigenvalue weighted by molar-refractivity contribution is 0.603. The largest absolute Gasteiger partial charge is 0.143 e. The highest BCUT2D eigenvalue weighted by Crippen LogP contribution is 2.50. The molecule has 0 saturated carbocycles. The van der Waals surface area contributed by atoms with Gasteiger partial charge in [-0.15, -0.1) is 56.7 Å². The first-order valence-electron chi connectivity index (χ1n) is 11.2. The second-order valence-electron chi connectivity index (χ2n) is 10.7. The van der Waals surface area contributed by atoms with Gasteiger partial charge in [0.05, 0.1) is 9.40 Å². The average Bonchev–Trinajstić information content (AvgIpc) is 3.55. The number of benzene rings is 1. The number of fused-ring (bicyclic) bond motifs is 6. The van der Waals surface area contributed by atoms with Gasteiger partial charge in [-0.25, -0.2) is 0 Å². The van der Waals surface area contributed by atoms with E-state index in [2.05, 4.69) is 89.4 Å². The molecule has 0 spiro atoms. The number of thiophene rings is 5. The topological polar surface area (TPSA) is 0 Å². The van der Waals surface area contributed by atoms with E-state index in [1.165, 1.54) is 59.5 Å². The molecule has 0 aliphatic rings. The fraction of sp³-hybridized carbons (Fsp3) is 0.310. The molecule has 5 heterocycles. The third-order valence-corrected chi connectivity index (χ3v) is 12.8. The van der Waals surface area contributed by atoms with Crippen molar-refractivity contribution < 1.29 is 0 Å². The van der Waals surface area contributed by atoms with Gasteiger partial charge in [-0.05, 0) is 58.7 Å².